The van der Waals surface area contributed by atoms with Crippen molar-refractivity contribution in [2.45, 2.75) is 13.0 Å². The van der Waals surface area contributed by atoms with Crippen LogP contribution in [-0.4, -0.2) is 6.61 Å². The minimum Gasteiger partial charge on any atom is -0.493 e. The van der Waals surface area contributed by atoms with Crippen molar-refractivity contribution in [3.63, 3.8) is 0 Å². The minimum absolute atomic E-state index is 0.810. The second-order valence-electron chi connectivity index (χ2n) is 4.52. The van der Waals surface area contributed by atoms with Crippen LogP contribution >= 0.6 is 31.9 Å². The van der Waals surface area contributed by atoms with Gasteiger partial charge in [0.05, 0.1) is 6.61 Å². The van der Waals surface area contributed by atoms with Crippen molar-refractivity contribution >= 4 is 37.5 Å². The van der Waals surface area contributed by atoms with Crippen LogP contribution in [0, 0.1) is 0 Å². The number of benzene rings is 2. The van der Waals surface area contributed by atoms with Crippen molar-refractivity contribution in [3.05, 3.63) is 56.5 Å². The Morgan fingerprint density at radius 2 is 2.00 bits per heavy atom. The zero-order valence-electron chi connectivity index (χ0n) is 10.2. The Morgan fingerprint density at radius 3 is 2.84 bits per heavy atom. The van der Waals surface area contributed by atoms with Crippen LogP contribution < -0.4 is 10.1 Å². The summed E-state index contributed by atoms with van der Waals surface area (Å²) in [5.41, 5.74) is 3.69. The van der Waals surface area contributed by atoms with Gasteiger partial charge in [0.25, 0.3) is 0 Å². The summed E-state index contributed by atoms with van der Waals surface area (Å²) in [6, 6.07) is 12.5. The van der Waals surface area contributed by atoms with E-state index >= 15 is 0 Å². The highest BCUT2D eigenvalue weighted by Gasteiger charge is 2.11. The molecule has 0 spiro atoms. The Balaban J connectivity index is 1.72. The van der Waals surface area contributed by atoms with Gasteiger partial charge in [-0.2, -0.15) is 0 Å². The van der Waals surface area contributed by atoms with E-state index in [2.05, 4.69) is 61.4 Å². The van der Waals surface area contributed by atoms with Gasteiger partial charge in [0.1, 0.15) is 5.75 Å². The molecule has 1 aliphatic rings. The molecular formula is C15H13Br2NO. The molecule has 0 aromatic heterocycles. The molecule has 98 valence electrons. The Bertz CT molecular complexity index is 613. The lowest BCUT2D eigenvalue weighted by atomic mass is 10.1. The van der Waals surface area contributed by atoms with E-state index < -0.39 is 0 Å². The molecule has 0 amide bonds. The standard InChI is InChI=1S/C15H13Br2NO/c16-12-2-3-14(13(17)8-12)18-9-10-1-4-15-11(7-10)5-6-19-15/h1-4,7-8,18H,5-6,9H2. The summed E-state index contributed by atoms with van der Waals surface area (Å²) < 4.78 is 7.65. The largest absolute Gasteiger partial charge is 0.493 e. The number of fused-ring (bicyclic) bond motifs is 1. The van der Waals surface area contributed by atoms with Crippen LogP contribution in [0.2, 0.25) is 0 Å². The second-order valence-corrected chi connectivity index (χ2v) is 6.29. The molecule has 0 bridgehead atoms. The number of ether oxygens (including phenoxy) is 1. The summed E-state index contributed by atoms with van der Waals surface area (Å²) in [4.78, 5) is 0. The third-order valence-electron chi connectivity index (χ3n) is 3.17. The van der Waals surface area contributed by atoms with Crippen LogP contribution in [0.15, 0.2) is 45.3 Å². The first-order valence-electron chi connectivity index (χ1n) is 6.16. The van der Waals surface area contributed by atoms with Crippen molar-refractivity contribution in [2.24, 2.45) is 0 Å². The van der Waals surface area contributed by atoms with E-state index in [-0.39, 0.29) is 0 Å². The van der Waals surface area contributed by atoms with Gasteiger partial charge in [0, 0.05) is 27.6 Å². The van der Waals surface area contributed by atoms with Gasteiger partial charge in [0.15, 0.2) is 0 Å². The molecule has 4 heteroatoms. The highest BCUT2D eigenvalue weighted by Crippen LogP contribution is 2.28. The summed E-state index contributed by atoms with van der Waals surface area (Å²) in [6.45, 7) is 1.62. The molecule has 2 aromatic rings. The van der Waals surface area contributed by atoms with E-state index in [0.29, 0.717) is 0 Å². The van der Waals surface area contributed by atoms with Gasteiger partial charge in [-0.05, 0) is 51.3 Å². The molecule has 0 fully saturated rings. The minimum atomic E-state index is 0.810. The lowest BCUT2D eigenvalue weighted by Gasteiger charge is -2.10. The highest BCUT2D eigenvalue weighted by molar-refractivity contribution is 9.11. The number of hydrogen-bond acceptors (Lipinski definition) is 2. The first kappa shape index (κ1) is 13.0. The van der Waals surface area contributed by atoms with E-state index in [1.54, 1.807) is 0 Å². The number of rotatable bonds is 3. The molecular weight excluding hydrogens is 370 g/mol. The Hall–Kier alpha value is -1.00. The third kappa shape index (κ3) is 2.95. The van der Waals surface area contributed by atoms with E-state index in [1.807, 2.05) is 12.1 Å². The first-order chi connectivity index (χ1) is 9.22. The maximum absolute atomic E-state index is 5.52. The Morgan fingerprint density at radius 1 is 1.11 bits per heavy atom. The second kappa shape index (κ2) is 5.55. The molecule has 1 aliphatic heterocycles. The predicted molar refractivity (Wildman–Crippen MR) is 84.8 cm³/mol. The van der Waals surface area contributed by atoms with Crippen LogP contribution in [0.1, 0.15) is 11.1 Å². The van der Waals surface area contributed by atoms with Gasteiger partial charge in [-0.15, -0.1) is 0 Å². The zero-order valence-corrected chi connectivity index (χ0v) is 13.4. The molecule has 0 radical (unpaired) electrons. The summed E-state index contributed by atoms with van der Waals surface area (Å²) >= 11 is 7.01. The van der Waals surface area contributed by atoms with E-state index in [4.69, 9.17) is 4.74 Å². The molecule has 2 aromatic carbocycles. The Labute approximate surface area is 129 Å². The lowest BCUT2D eigenvalue weighted by Crippen LogP contribution is -2.00. The van der Waals surface area contributed by atoms with Gasteiger partial charge < -0.3 is 10.1 Å². The molecule has 0 saturated carbocycles. The van der Waals surface area contributed by atoms with E-state index in [0.717, 1.165) is 40.0 Å². The first-order valence-corrected chi connectivity index (χ1v) is 7.74. The van der Waals surface area contributed by atoms with Crippen LogP contribution in [0.5, 0.6) is 5.75 Å². The lowest BCUT2D eigenvalue weighted by molar-refractivity contribution is 0.357. The molecule has 0 atom stereocenters. The SMILES string of the molecule is Brc1ccc(NCc2ccc3c(c2)CCO3)c(Br)c1. The fourth-order valence-corrected chi connectivity index (χ4v) is 3.37. The van der Waals surface area contributed by atoms with E-state index in [9.17, 15) is 0 Å². The van der Waals surface area contributed by atoms with Gasteiger partial charge in [-0.25, -0.2) is 0 Å². The zero-order chi connectivity index (χ0) is 13.2. The molecule has 1 heterocycles. The molecule has 19 heavy (non-hydrogen) atoms. The summed E-state index contributed by atoms with van der Waals surface area (Å²) in [7, 11) is 0. The average Bonchev–Trinajstić information content (AvgIpc) is 2.85. The topological polar surface area (TPSA) is 21.3 Å². The van der Waals surface area contributed by atoms with Crippen LogP contribution in [-0.2, 0) is 13.0 Å². The van der Waals surface area contributed by atoms with Crippen molar-refractivity contribution in [2.75, 3.05) is 11.9 Å². The third-order valence-corrected chi connectivity index (χ3v) is 4.32. The van der Waals surface area contributed by atoms with Crippen LogP contribution in [0.4, 0.5) is 5.69 Å². The monoisotopic (exact) mass is 381 g/mol. The van der Waals surface area contributed by atoms with Crippen LogP contribution in [0.3, 0.4) is 0 Å². The summed E-state index contributed by atoms with van der Waals surface area (Å²) in [6.07, 6.45) is 1.02. The molecule has 1 N–H and O–H groups in total. The van der Waals surface area contributed by atoms with Crippen molar-refractivity contribution in [1.82, 2.24) is 0 Å². The smallest absolute Gasteiger partial charge is 0.122 e. The fourth-order valence-electron chi connectivity index (χ4n) is 2.18. The Kier molecular flexibility index (Phi) is 3.80. The van der Waals surface area contributed by atoms with Gasteiger partial charge in [0.2, 0.25) is 0 Å². The summed E-state index contributed by atoms with van der Waals surface area (Å²) in [5.74, 6) is 1.04. The maximum atomic E-state index is 5.52. The van der Waals surface area contributed by atoms with Crippen molar-refractivity contribution in [1.29, 1.82) is 0 Å². The normalized spacial score (nSPS) is 12.9. The maximum Gasteiger partial charge on any atom is 0.122 e. The van der Waals surface area contributed by atoms with E-state index in [1.165, 1.54) is 11.1 Å². The predicted octanol–water partition coefficient (Wildman–Crippen LogP) is 4.76. The average molecular weight is 383 g/mol. The highest BCUT2D eigenvalue weighted by atomic mass is 79.9. The van der Waals surface area contributed by atoms with Gasteiger partial charge >= 0.3 is 0 Å². The number of halogens is 2. The number of hydrogen-bond donors (Lipinski definition) is 1. The van der Waals surface area contributed by atoms with Gasteiger partial charge in [-0.3, -0.25) is 0 Å². The van der Waals surface area contributed by atoms with Crippen LogP contribution in [0.25, 0.3) is 0 Å². The summed E-state index contributed by atoms with van der Waals surface area (Å²) in [5, 5.41) is 3.44. The molecule has 2 nitrogen and oxygen atoms in total. The quantitative estimate of drug-likeness (QED) is 0.826. The number of anilines is 1. The fraction of sp³-hybridized carbons (Fsp3) is 0.200. The molecule has 0 unspecified atom stereocenters. The van der Waals surface area contributed by atoms with Crippen molar-refractivity contribution < 1.29 is 4.74 Å². The molecule has 0 aliphatic carbocycles. The number of nitrogens with one attached hydrogen (secondary N) is 1. The molecule has 0 saturated heterocycles. The van der Waals surface area contributed by atoms with Gasteiger partial charge in [-0.1, -0.05) is 28.1 Å². The molecule has 3 rings (SSSR count). The van der Waals surface area contributed by atoms with Crippen molar-refractivity contribution in [3.8, 4) is 5.75 Å².